The number of rotatable bonds is 6. The van der Waals surface area contributed by atoms with Crippen LogP contribution in [-0.4, -0.2) is 23.9 Å². The highest BCUT2D eigenvalue weighted by molar-refractivity contribution is 5.29. The summed E-state index contributed by atoms with van der Waals surface area (Å²) in [6, 6.07) is 8.05. The molecule has 1 saturated carbocycles. The first-order chi connectivity index (χ1) is 8.55. The maximum absolute atomic E-state index is 10.3. The van der Waals surface area contributed by atoms with Crippen LogP contribution in [0.2, 0.25) is 0 Å². The van der Waals surface area contributed by atoms with Gasteiger partial charge in [-0.15, -0.1) is 0 Å². The first-order valence-corrected chi connectivity index (χ1v) is 6.70. The largest absolute Gasteiger partial charge is 0.491 e. The van der Waals surface area contributed by atoms with Crippen molar-refractivity contribution in [2.45, 2.75) is 38.2 Å². The quantitative estimate of drug-likeness (QED) is 0.813. The summed E-state index contributed by atoms with van der Waals surface area (Å²) in [5.41, 5.74) is 6.09. The van der Waals surface area contributed by atoms with Crippen LogP contribution in [0.4, 0.5) is 0 Å². The lowest BCUT2D eigenvalue weighted by molar-refractivity contribution is -0.0162. The molecule has 1 aromatic rings. The van der Waals surface area contributed by atoms with Gasteiger partial charge in [-0.2, -0.15) is 0 Å². The lowest BCUT2D eigenvalue weighted by Gasteiger charge is -2.26. The Labute approximate surface area is 109 Å². The molecule has 1 fully saturated rings. The fraction of sp³-hybridized carbons (Fsp3) is 0.600. The van der Waals surface area contributed by atoms with Crippen molar-refractivity contribution >= 4 is 0 Å². The fourth-order valence-electron chi connectivity index (χ4n) is 2.12. The van der Waals surface area contributed by atoms with Crippen molar-refractivity contribution in [2.75, 3.05) is 13.2 Å². The second kappa shape index (κ2) is 5.29. The first kappa shape index (κ1) is 13.4. The normalized spacial score (nSPS) is 18.7. The molecule has 1 aromatic carbocycles. The molecule has 1 unspecified atom stereocenters. The van der Waals surface area contributed by atoms with Gasteiger partial charge in [-0.1, -0.05) is 26.0 Å². The number of hydrogen-bond donors (Lipinski definition) is 2. The molecule has 3 N–H and O–H groups in total. The van der Waals surface area contributed by atoms with Gasteiger partial charge in [0.05, 0.1) is 0 Å². The summed E-state index contributed by atoms with van der Waals surface area (Å²) in [7, 11) is 0. The van der Waals surface area contributed by atoms with Crippen molar-refractivity contribution in [1.82, 2.24) is 0 Å². The SMILES string of the molecule is CC(C)c1ccc(OCC(O)(CN)C2CC2)cc1. The van der Waals surface area contributed by atoms with Gasteiger partial charge < -0.3 is 15.6 Å². The van der Waals surface area contributed by atoms with E-state index in [-0.39, 0.29) is 13.2 Å². The van der Waals surface area contributed by atoms with E-state index in [9.17, 15) is 5.11 Å². The zero-order valence-corrected chi connectivity index (χ0v) is 11.2. The van der Waals surface area contributed by atoms with E-state index >= 15 is 0 Å². The van der Waals surface area contributed by atoms with Gasteiger partial charge in [0.15, 0.2) is 0 Å². The molecular weight excluding hydrogens is 226 g/mol. The minimum absolute atomic E-state index is 0.266. The van der Waals surface area contributed by atoms with Crippen LogP contribution in [0, 0.1) is 5.92 Å². The van der Waals surface area contributed by atoms with E-state index in [4.69, 9.17) is 10.5 Å². The van der Waals surface area contributed by atoms with Crippen LogP contribution in [0.5, 0.6) is 5.75 Å². The molecule has 3 nitrogen and oxygen atoms in total. The number of ether oxygens (including phenoxy) is 1. The maximum Gasteiger partial charge on any atom is 0.119 e. The highest BCUT2D eigenvalue weighted by Crippen LogP contribution is 2.39. The van der Waals surface area contributed by atoms with Crippen LogP contribution in [0.1, 0.15) is 38.2 Å². The summed E-state index contributed by atoms with van der Waals surface area (Å²) < 4.78 is 5.67. The van der Waals surface area contributed by atoms with E-state index in [0.717, 1.165) is 18.6 Å². The Balaban J connectivity index is 1.93. The maximum atomic E-state index is 10.3. The third-order valence-corrected chi connectivity index (χ3v) is 3.73. The smallest absolute Gasteiger partial charge is 0.119 e. The van der Waals surface area contributed by atoms with Gasteiger partial charge >= 0.3 is 0 Å². The van der Waals surface area contributed by atoms with Gasteiger partial charge in [0, 0.05) is 6.54 Å². The molecule has 18 heavy (non-hydrogen) atoms. The van der Waals surface area contributed by atoms with Crippen molar-refractivity contribution in [2.24, 2.45) is 11.7 Å². The molecule has 0 aliphatic heterocycles. The second-order valence-electron chi connectivity index (χ2n) is 5.59. The van der Waals surface area contributed by atoms with E-state index in [1.165, 1.54) is 5.56 Å². The summed E-state index contributed by atoms with van der Waals surface area (Å²) in [5, 5.41) is 10.3. The van der Waals surface area contributed by atoms with Crippen molar-refractivity contribution in [3.8, 4) is 5.75 Å². The van der Waals surface area contributed by atoms with Crippen LogP contribution in [0.15, 0.2) is 24.3 Å². The molecule has 0 heterocycles. The monoisotopic (exact) mass is 249 g/mol. The minimum Gasteiger partial charge on any atom is -0.491 e. The third kappa shape index (κ3) is 3.03. The van der Waals surface area contributed by atoms with E-state index in [1.54, 1.807) is 0 Å². The summed E-state index contributed by atoms with van der Waals surface area (Å²) >= 11 is 0. The standard InChI is InChI=1S/C15H23NO2/c1-11(2)12-3-7-14(8-4-12)18-10-15(17,9-16)13-5-6-13/h3-4,7-8,11,13,17H,5-6,9-10,16H2,1-2H3. The molecule has 0 aromatic heterocycles. The van der Waals surface area contributed by atoms with E-state index < -0.39 is 5.60 Å². The molecule has 1 aliphatic carbocycles. The second-order valence-corrected chi connectivity index (χ2v) is 5.59. The molecule has 0 bridgehead atoms. The Bertz CT molecular complexity index is 384. The predicted molar refractivity (Wildman–Crippen MR) is 72.8 cm³/mol. The predicted octanol–water partition coefficient (Wildman–Crippen LogP) is 2.29. The van der Waals surface area contributed by atoms with Crippen LogP contribution in [-0.2, 0) is 0 Å². The zero-order chi connectivity index (χ0) is 13.2. The van der Waals surface area contributed by atoms with Crippen LogP contribution in [0.25, 0.3) is 0 Å². The van der Waals surface area contributed by atoms with E-state index in [1.807, 2.05) is 12.1 Å². The topological polar surface area (TPSA) is 55.5 Å². The average molecular weight is 249 g/mol. The molecular formula is C15H23NO2. The van der Waals surface area contributed by atoms with Crippen LogP contribution in [0.3, 0.4) is 0 Å². The molecule has 0 radical (unpaired) electrons. The Morgan fingerprint density at radius 1 is 1.33 bits per heavy atom. The number of benzene rings is 1. The Kier molecular flexibility index (Phi) is 3.93. The Hall–Kier alpha value is -1.06. The van der Waals surface area contributed by atoms with Crippen molar-refractivity contribution < 1.29 is 9.84 Å². The minimum atomic E-state index is -0.850. The van der Waals surface area contributed by atoms with Crippen molar-refractivity contribution in [3.05, 3.63) is 29.8 Å². The van der Waals surface area contributed by atoms with Crippen molar-refractivity contribution in [3.63, 3.8) is 0 Å². The van der Waals surface area contributed by atoms with Gasteiger partial charge in [-0.3, -0.25) is 0 Å². The van der Waals surface area contributed by atoms with Gasteiger partial charge in [-0.05, 0) is 42.4 Å². The Morgan fingerprint density at radius 3 is 2.39 bits per heavy atom. The first-order valence-electron chi connectivity index (χ1n) is 6.70. The third-order valence-electron chi connectivity index (χ3n) is 3.73. The summed E-state index contributed by atoms with van der Waals surface area (Å²) in [5.74, 6) is 1.64. The molecule has 2 rings (SSSR count). The number of nitrogens with two attached hydrogens (primary N) is 1. The zero-order valence-electron chi connectivity index (χ0n) is 11.2. The van der Waals surface area contributed by atoms with Gasteiger partial charge in [0.1, 0.15) is 18.0 Å². The summed E-state index contributed by atoms with van der Waals surface area (Å²) in [4.78, 5) is 0. The Morgan fingerprint density at radius 2 is 1.94 bits per heavy atom. The fourth-order valence-corrected chi connectivity index (χ4v) is 2.12. The number of aliphatic hydroxyl groups is 1. The van der Waals surface area contributed by atoms with Crippen molar-refractivity contribution in [1.29, 1.82) is 0 Å². The lowest BCUT2D eigenvalue weighted by atomic mass is 9.99. The molecule has 1 aliphatic rings. The molecule has 0 amide bonds. The summed E-state index contributed by atoms with van der Waals surface area (Å²) in [6.45, 7) is 4.88. The van der Waals surface area contributed by atoms with Gasteiger partial charge in [0.25, 0.3) is 0 Å². The molecule has 100 valence electrons. The van der Waals surface area contributed by atoms with Gasteiger partial charge in [0.2, 0.25) is 0 Å². The molecule has 0 spiro atoms. The van der Waals surface area contributed by atoms with Gasteiger partial charge in [-0.25, -0.2) is 0 Å². The number of hydrogen-bond acceptors (Lipinski definition) is 3. The van der Waals surface area contributed by atoms with E-state index in [2.05, 4.69) is 26.0 Å². The molecule has 0 saturated heterocycles. The molecule has 1 atom stereocenters. The van der Waals surface area contributed by atoms with Crippen LogP contribution < -0.4 is 10.5 Å². The highest BCUT2D eigenvalue weighted by Gasteiger charge is 2.43. The summed E-state index contributed by atoms with van der Waals surface area (Å²) in [6.07, 6.45) is 2.12. The van der Waals surface area contributed by atoms with Crippen LogP contribution >= 0.6 is 0 Å². The van der Waals surface area contributed by atoms with E-state index in [0.29, 0.717) is 11.8 Å². The lowest BCUT2D eigenvalue weighted by Crippen LogP contribution is -2.45. The average Bonchev–Trinajstić information content (AvgIpc) is 3.21. The molecule has 3 heteroatoms. The highest BCUT2D eigenvalue weighted by atomic mass is 16.5.